The Morgan fingerprint density at radius 1 is 1.32 bits per heavy atom. The van der Waals surface area contributed by atoms with Crippen molar-refractivity contribution in [2.75, 3.05) is 7.05 Å². The van der Waals surface area contributed by atoms with Crippen LogP contribution >= 0.6 is 23.2 Å². The van der Waals surface area contributed by atoms with Crippen molar-refractivity contribution in [1.82, 2.24) is 14.5 Å². The molecule has 0 aliphatic rings. The first-order valence-corrected chi connectivity index (χ1v) is 7.83. The standard InChI is InChI=1S/C16H19Cl2N3O/c1-11(2)16(22)20(3)10-15-19-6-7-21(15)9-12-4-5-13(17)14(18)8-12/h4-8,11H,9-10H2,1-3H3. The van der Waals surface area contributed by atoms with Gasteiger partial charge in [0.25, 0.3) is 0 Å². The number of carbonyl (C=O) groups excluding carboxylic acids is 1. The number of rotatable bonds is 5. The molecule has 1 aromatic heterocycles. The molecule has 0 spiro atoms. The topological polar surface area (TPSA) is 38.1 Å². The summed E-state index contributed by atoms with van der Waals surface area (Å²) >= 11 is 12.0. The van der Waals surface area contributed by atoms with Crippen LogP contribution in [0.5, 0.6) is 0 Å². The highest BCUT2D eigenvalue weighted by Gasteiger charge is 2.15. The van der Waals surface area contributed by atoms with Gasteiger partial charge in [0.05, 0.1) is 16.6 Å². The van der Waals surface area contributed by atoms with Crippen LogP contribution in [0.2, 0.25) is 10.0 Å². The molecule has 0 fully saturated rings. The van der Waals surface area contributed by atoms with Crippen LogP contribution in [-0.4, -0.2) is 27.4 Å². The number of hydrogen-bond acceptors (Lipinski definition) is 2. The van der Waals surface area contributed by atoms with Crippen molar-refractivity contribution in [3.8, 4) is 0 Å². The highest BCUT2D eigenvalue weighted by molar-refractivity contribution is 6.42. The van der Waals surface area contributed by atoms with E-state index >= 15 is 0 Å². The number of halogens is 2. The Bertz CT molecular complexity index is 667. The lowest BCUT2D eigenvalue weighted by Crippen LogP contribution is -2.31. The summed E-state index contributed by atoms with van der Waals surface area (Å²) in [6.45, 7) is 4.89. The van der Waals surface area contributed by atoms with Gasteiger partial charge in [0.2, 0.25) is 5.91 Å². The van der Waals surface area contributed by atoms with Gasteiger partial charge in [-0.2, -0.15) is 0 Å². The zero-order valence-electron chi connectivity index (χ0n) is 12.9. The quantitative estimate of drug-likeness (QED) is 0.829. The third-order valence-corrected chi connectivity index (χ3v) is 4.13. The summed E-state index contributed by atoms with van der Waals surface area (Å²) in [5.74, 6) is 0.912. The Kier molecular flexibility index (Phi) is 5.48. The smallest absolute Gasteiger partial charge is 0.225 e. The number of benzene rings is 1. The molecule has 0 N–H and O–H groups in total. The summed E-state index contributed by atoms with van der Waals surface area (Å²) in [6.07, 6.45) is 3.63. The number of amides is 1. The van der Waals surface area contributed by atoms with Gasteiger partial charge in [0.1, 0.15) is 5.82 Å². The lowest BCUT2D eigenvalue weighted by Gasteiger charge is -2.19. The van der Waals surface area contributed by atoms with Crippen LogP contribution in [0, 0.1) is 5.92 Å². The van der Waals surface area contributed by atoms with Crippen molar-refractivity contribution in [3.05, 3.63) is 52.0 Å². The van der Waals surface area contributed by atoms with E-state index in [2.05, 4.69) is 4.98 Å². The molecule has 1 heterocycles. The van der Waals surface area contributed by atoms with Crippen LogP contribution in [0.15, 0.2) is 30.6 Å². The van der Waals surface area contributed by atoms with E-state index in [0.29, 0.717) is 23.1 Å². The molecular weight excluding hydrogens is 321 g/mol. The highest BCUT2D eigenvalue weighted by atomic mass is 35.5. The zero-order chi connectivity index (χ0) is 16.3. The summed E-state index contributed by atoms with van der Waals surface area (Å²) in [4.78, 5) is 18.0. The lowest BCUT2D eigenvalue weighted by molar-refractivity contribution is -0.133. The van der Waals surface area contributed by atoms with E-state index < -0.39 is 0 Å². The van der Waals surface area contributed by atoms with Gasteiger partial charge in [-0.3, -0.25) is 4.79 Å². The van der Waals surface area contributed by atoms with E-state index in [0.717, 1.165) is 11.4 Å². The molecular formula is C16H19Cl2N3O. The van der Waals surface area contributed by atoms with Gasteiger partial charge in [-0.25, -0.2) is 4.98 Å². The van der Waals surface area contributed by atoms with E-state index in [9.17, 15) is 4.79 Å². The predicted molar refractivity (Wildman–Crippen MR) is 89.1 cm³/mol. The van der Waals surface area contributed by atoms with E-state index in [4.69, 9.17) is 23.2 Å². The van der Waals surface area contributed by atoms with Crippen molar-refractivity contribution in [3.63, 3.8) is 0 Å². The van der Waals surface area contributed by atoms with Gasteiger partial charge in [-0.1, -0.05) is 43.1 Å². The predicted octanol–water partition coefficient (Wildman–Crippen LogP) is 3.85. The first-order valence-electron chi connectivity index (χ1n) is 7.07. The molecule has 0 radical (unpaired) electrons. The lowest BCUT2D eigenvalue weighted by atomic mass is 10.2. The molecule has 2 aromatic rings. The minimum absolute atomic E-state index is 0.0246. The molecule has 0 bridgehead atoms. The van der Waals surface area contributed by atoms with Crippen molar-refractivity contribution in [2.24, 2.45) is 5.92 Å². The maximum atomic E-state index is 12.0. The monoisotopic (exact) mass is 339 g/mol. The summed E-state index contributed by atoms with van der Waals surface area (Å²) in [6, 6.07) is 5.56. The summed E-state index contributed by atoms with van der Waals surface area (Å²) in [5.41, 5.74) is 1.03. The number of imidazole rings is 1. The molecule has 1 amide bonds. The van der Waals surface area contributed by atoms with Gasteiger partial charge in [0.15, 0.2) is 0 Å². The minimum atomic E-state index is -0.0246. The van der Waals surface area contributed by atoms with Crippen molar-refractivity contribution in [1.29, 1.82) is 0 Å². The molecule has 0 atom stereocenters. The number of nitrogens with zero attached hydrogens (tertiary/aromatic N) is 3. The minimum Gasteiger partial charge on any atom is -0.338 e. The molecule has 1 aromatic carbocycles. The Labute approximate surface area is 140 Å². The molecule has 6 heteroatoms. The largest absolute Gasteiger partial charge is 0.338 e. The molecule has 4 nitrogen and oxygen atoms in total. The third kappa shape index (κ3) is 4.02. The van der Waals surface area contributed by atoms with Crippen molar-refractivity contribution < 1.29 is 4.79 Å². The van der Waals surface area contributed by atoms with Gasteiger partial charge in [-0.05, 0) is 17.7 Å². The van der Waals surface area contributed by atoms with E-state index in [1.807, 2.05) is 36.7 Å². The first-order chi connectivity index (χ1) is 10.4. The van der Waals surface area contributed by atoms with Crippen molar-refractivity contribution in [2.45, 2.75) is 26.9 Å². The Hall–Kier alpha value is -1.52. The average Bonchev–Trinajstić information content (AvgIpc) is 2.89. The molecule has 0 aliphatic heterocycles. The molecule has 118 valence electrons. The normalized spacial score (nSPS) is 11.0. The van der Waals surface area contributed by atoms with Crippen molar-refractivity contribution >= 4 is 29.1 Å². The van der Waals surface area contributed by atoms with Crippen LogP contribution in [0.3, 0.4) is 0 Å². The number of aromatic nitrogens is 2. The molecule has 0 saturated heterocycles. The van der Waals surface area contributed by atoms with Gasteiger partial charge in [0, 0.05) is 31.9 Å². The van der Waals surface area contributed by atoms with Gasteiger partial charge < -0.3 is 9.47 Å². The van der Waals surface area contributed by atoms with Gasteiger partial charge >= 0.3 is 0 Å². The molecule has 22 heavy (non-hydrogen) atoms. The van der Waals surface area contributed by atoms with Crippen LogP contribution in [0.1, 0.15) is 25.2 Å². The number of hydrogen-bond donors (Lipinski definition) is 0. The van der Waals surface area contributed by atoms with E-state index in [1.54, 1.807) is 24.2 Å². The van der Waals surface area contributed by atoms with Gasteiger partial charge in [-0.15, -0.1) is 0 Å². The Morgan fingerprint density at radius 3 is 2.68 bits per heavy atom. The Morgan fingerprint density at radius 2 is 2.05 bits per heavy atom. The maximum absolute atomic E-state index is 12.0. The summed E-state index contributed by atoms with van der Waals surface area (Å²) in [7, 11) is 1.79. The first kappa shape index (κ1) is 16.8. The molecule has 0 aliphatic carbocycles. The zero-order valence-corrected chi connectivity index (χ0v) is 14.4. The second kappa shape index (κ2) is 7.16. The van der Waals surface area contributed by atoms with Crippen LogP contribution in [0.25, 0.3) is 0 Å². The van der Waals surface area contributed by atoms with Crippen LogP contribution in [0.4, 0.5) is 0 Å². The second-order valence-corrected chi connectivity index (χ2v) is 6.38. The van der Waals surface area contributed by atoms with E-state index in [1.165, 1.54) is 0 Å². The highest BCUT2D eigenvalue weighted by Crippen LogP contribution is 2.23. The molecule has 0 saturated carbocycles. The average molecular weight is 340 g/mol. The second-order valence-electron chi connectivity index (χ2n) is 5.57. The third-order valence-electron chi connectivity index (χ3n) is 3.39. The summed E-state index contributed by atoms with van der Waals surface area (Å²) in [5, 5.41) is 1.08. The van der Waals surface area contributed by atoms with Crippen LogP contribution in [-0.2, 0) is 17.9 Å². The molecule has 2 rings (SSSR count). The maximum Gasteiger partial charge on any atom is 0.225 e. The fourth-order valence-electron chi connectivity index (χ4n) is 2.20. The van der Waals surface area contributed by atoms with E-state index in [-0.39, 0.29) is 11.8 Å². The molecule has 0 unspecified atom stereocenters. The Balaban J connectivity index is 2.12. The SMILES string of the molecule is CC(C)C(=O)N(C)Cc1nccn1Cc1ccc(Cl)c(Cl)c1. The fourth-order valence-corrected chi connectivity index (χ4v) is 2.52. The summed E-state index contributed by atoms with van der Waals surface area (Å²) < 4.78 is 2.00. The number of carbonyl (C=O) groups is 1. The van der Waals surface area contributed by atoms with Crippen LogP contribution < -0.4 is 0 Å². The fraction of sp³-hybridized carbons (Fsp3) is 0.375.